The number of ether oxygens (including phenoxy) is 1. The van der Waals surface area contributed by atoms with Crippen LogP contribution in [0.25, 0.3) is 0 Å². The number of alkyl halides is 1. The van der Waals surface area contributed by atoms with Crippen LogP contribution in [0, 0.1) is 11.8 Å². The minimum atomic E-state index is -0.953. The molecule has 5 rings (SSSR count). The van der Waals surface area contributed by atoms with Gasteiger partial charge in [0.15, 0.2) is 6.10 Å². The van der Waals surface area contributed by atoms with E-state index in [9.17, 15) is 9.90 Å². The van der Waals surface area contributed by atoms with E-state index < -0.39 is 12.3 Å². The van der Waals surface area contributed by atoms with Crippen LogP contribution in [0.2, 0.25) is 0 Å². The molecule has 1 aliphatic heterocycles. The number of aliphatic hydroxyl groups is 1. The molecule has 0 spiro atoms. The normalized spacial score (nSPS) is 23.5. The van der Waals surface area contributed by atoms with Gasteiger partial charge in [0, 0.05) is 37.5 Å². The average Bonchev–Trinajstić information content (AvgIpc) is 3.45. The van der Waals surface area contributed by atoms with E-state index >= 15 is 4.39 Å². The van der Waals surface area contributed by atoms with Crippen molar-refractivity contribution in [2.75, 3.05) is 39.8 Å². The van der Waals surface area contributed by atoms with Crippen LogP contribution in [0.4, 0.5) is 4.39 Å². The van der Waals surface area contributed by atoms with E-state index in [1.165, 1.54) is 11.1 Å². The van der Waals surface area contributed by atoms with Gasteiger partial charge in [0.2, 0.25) is 0 Å². The summed E-state index contributed by atoms with van der Waals surface area (Å²) in [6.07, 6.45) is -0.791. The van der Waals surface area contributed by atoms with Crippen LogP contribution in [0.5, 0.6) is 0 Å². The standard InChI is InChI=1S/C34H41FN2O3/c1-25(22-36(2)20-21-38)40-32(26-12-6-3-7-13-26)33(39)37-23-29-30(24-37)34(19-18-31(29)35,27-14-8-4-9-15-27)28-16-10-5-11-17-28/h3-17,25,29-32,38H,18-24H2,1-2H3/t25?,29-,30+,31+,32?/m0/s1. The molecule has 2 unspecified atom stereocenters. The monoisotopic (exact) mass is 544 g/mol. The number of nitrogens with zero attached hydrogens (tertiary/aromatic N) is 2. The van der Waals surface area contributed by atoms with Crippen molar-refractivity contribution in [1.82, 2.24) is 9.80 Å². The van der Waals surface area contributed by atoms with E-state index in [0.29, 0.717) is 39.0 Å². The Balaban J connectivity index is 1.46. The first-order chi connectivity index (χ1) is 19.4. The van der Waals surface area contributed by atoms with Gasteiger partial charge in [0.05, 0.1) is 12.7 Å². The van der Waals surface area contributed by atoms with E-state index in [1.54, 1.807) is 0 Å². The van der Waals surface area contributed by atoms with E-state index in [0.717, 1.165) is 5.56 Å². The highest BCUT2D eigenvalue weighted by molar-refractivity contribution is 5.83. The van der Waals surface area contributed by atoms with Crippen molar-refractivity contribution in [3.63, 3.8) is 0 Å². The highest BCUT2D eigenvalue weighted by atomic mass is 19.1. The van der Waals surface area contributed by atoms with Crippen molar-refractivity contribution >= 4 is 5.91 Å². The fourth-order valence-electron chi connectivity index (χ4n) is 7.07. The Morgan fingerprint density at radius 3 is 2.15 bits per heavy atom. The van der Waals surface area contributed by atoms with E-state index in [-0.39, 0.29) is 35.9 Å². The molecule has 2 fully saturated rings. The SMILES string of the molecule is CC(CN(C)CCO)OC(C(=O)N1C[C@@H]2[C@H](F)CCC(c3ccccc3)(c3ccccc3)[C@@H]2C1)c1ccccc1. The number of likely N-dealkylation sites (N-methyl/N-ethyl adjacent to an activating group) is 1. The molecule has 5 nitrogen and oxygen atoms in total. The summed E-state index contributed by atoms with van der Waals surface area (Å²) in [7, 11) is 1.93. The van der Waals surface area contributed by atoms with Crippen molar-refractivity contribution in [3.05, 3.63) is 108 Å². The number of halogens is 1. The molecule has 0 aromatic heterocycles. The second kappa shape index (κ2) is 12.6. The second-order valence-electron chi connectivity index (χ2n) is 11.5. The molecule has 6 heteroatoms. The highest BCUT2D eigenvalue weighted by Gasteiger charge is 2.56. The molecule has 212 valence electrons. The Hall–Kier alpha value is -3.06. The van der Waals surface area contributed by atoms with Gasteiger partial charge in [0.1, 0.15) is 6.17 Å². The molecule has 1 saturated heterocycles. The minimum Gasteiger partial charge on any atom is -0.395 e. The van der Waals surface area contributed by atoms with Gasteiger partial charge in [-0.15, -0.1) is 0 Å². The topological polar surface area (TPSA) is 53.0 Å². The number of fused-ring (bicyclic) bond motifs is 1. The second-order valence-corrected chi connectivity index (χ2v) is 11.5. The van der Waals surface area contributed by atoms with E-state index in [2.05, 4.69) is 48.5 Å². The fraction of sp³-hybridized carbons (Fsp3) is 0.441. The van der Waals surface area contributed by atoms with Crippen LogP contribution in [0.3, 0.4) is 0 Å². The molecule has 40 heavy (non-hydrogen) atoms. The van der Waals surface area contributed by atoms with Gasteiger partial charge < -0.3 is 19.6 Å². The predicted molar refractivity (Wildman–Crippen MR) is 156 cm³/mol. The number of benzene rings is 3. The molecule has 2 aliphatic rings. The summed E-state index contributed by atoms with van der Waals surface area (Å²) in [5.41, 5.74) is 2.81. The number of hydrogen-bond donors (Lipinski definition) is 1. The Labute approximate surface area is 237 Å². The number of carbonyl (C=O) groups excluding carboxylic acids is 1. The zero-order valence-electron chi connectivity index (χ0n) is 23.5. The summed E-state index contributed by atoms with van der Waals surface area (Å²) in [5, 5.41) is 9.30. The smallest absolute Gasteiger partial charge is 0.256 e. The lowest BCUT2D eigenvalue weighted by Gasteiger charge is -2.47. The molecule has 1 heterocycles. The van der Waals surface area contributed by atoms with Gasteiger partial charge in [-0.25, -0.2) is 4.39 Å². The van der Waals surface area contributed by atoms with Crippen LogP contribution in [0.15, 0.2) is 91.0 Å². The first kappa shape index (κ1) is 28.5. The van der Waals surface area contributed by atoms with Gasteiger partial charge >= 0.3 is 0 Å². The lowest BCUT2D eigenvalue weighted by molar-refractivity contribution is -0.147. The van der Waals surface area contributed by atoms with Crippen molar-refractivity contribution < 1.29 is 19.0 Å². The summed E-state index contributed by atoms with van der Waals surface area (Å²) in [5.74, 6) is -0.406. The molecule has 3 aromatic rings. The molecular formula is C34H41FN2O3. The number of rotatable bonds is 10. The van der Waals surface area contributed by atoms with Crippen molar-refractivity contribution in [2.45, 2.75) is 43.6 Å². The summed E-state index contributed by atoms with van der Waals surface area (Å²) in [6.45, 7) is 4.01. The maximum atomic E-state index is 15.7. The third-order valence-electron chi connectivity index (χ3n) is 8.91. The maximum Gasteiger partial charge on any atom is 0.256 e. The van der Waals surface area contributed by atoms with Crippen LogP contribution < -0.4 is 0 Å². The number of amides is 1. The lowest BCUT2D eigenvalue weighted by atomic mass is 9.56. The van der Waals surface area contributed by atoms with Crippen LogP contribution in [-0.2, 0) is 14.9 Å². The fourth-order valence-corrected chi connectivity index (χ4v) is 7.07. The average molecular weight is 545 g/mol. The first-order valence-corrected chi connectivity index (χ1v) is 14.5. The Bertz CT molecular complexity index is 1190. The molecule has 0 radical (unpaired) electrons. The largest absolute Gasteiger partial charge is 0.395 e. The summed E-state index contributed by atoms with van der Waals surface area (Å²) >= 11 is 0. The third kappa shape index (κ3) is 5.71. The lowest BCUT2D eigenvalue weighted by Crippen LogP contribution is -2.47. The van der Waals surface area contributed by atoms with Crippen molar-refractivity contribution in [2.24, 2.45) is 11.8 Å². The molecular weight excluding hydrogens is 503 g/mol. The quantitative estimate of drug-likeness (QED) is 0.379. The number of likely N-dealkylation sites (tertiary alicyclic amines) is 1. The van der Waals surface area contributed by atoms with Gasteiger partial charge in [-0.3, -0.25) is 4.79 Å². The summed E-state index contributed by atoms with van der Waals surface area (Å²) in [4.78, 5) is 18.1. The molecule has 1 N–H and O–H groups in total. The number of hydrogen-bond acceptors (Lipinski definition) is 4. The van der Waals surface area contributed by atoms with Crippen molar-refractivity contribution in [1.29, 1.82) is 0 Å². The number of carbonyl (C=O) groups is 1. The zero-order valence-corrected chi connectivity index (χ0v) is 23.5. The van der Waals surface area contributed by atoms with Crippen LogP contribution >= 0.6 is 0 Å². The van der Waals surface area contributed by atoms with E-state index in [4.69, 9.17) is 4.74 Å². The Morgan fingerprint density at radius 1 is 1.00 bits per heavy atom. The Kier molecular flexibility index (Phi) is 8.99. The molecule has 1 aliphatic carbocycles. The maximum absolute atomic E-state index is 15.7. The van der Waals surface area contributed by atoms with Crippen LogP contribution in [-0.4, -0.2) is 72.9 Å². The van der Waals surface area contributed by atoms with Crippen molar-refractivity contribution in [3.8, 4) is 0 Å². The first-order valence-electron chi connectivity index (χ1n) is 14.5. The zero-order chi connectivity index (χ0) is 28.1. The van der Waals surface area contributed by atoms with Gasteiger partial charge in [-0.1, -0.05) is 91.0 Å². The molecule has 0 bridgehead atoms. The summed E-state index contributed by atoms with van der Waals surface area (Å²) < 4.78 is 22.1. The third-order valence-corrected chi connectivity index (χ3v) is 8.91. The minimum absolute atomic E-state index is 0.0467. The van der Waals surface area contributed by atoms with E-state index in [1.807, 2.05) is 66.2 Å². The predicted octanol–water partition coefficient (Wildman–Crippen LogP) is 5.25. The van der Waals surface area contributed by atoms with Crippen LogP contribution in [0.1, 0.15) is 42.6 Å². The van der Waals surface area contributed by atoms with Gasteiger partial charge in [0.25, 0.3) is 5.91 Å². The summed E-state index contributed by atoms with van der Waals surface area (Å²) in [6, 6.07) is 30.5. The molecule has 1 amide bonds. The Morgan fingerprint density at radius 2 is 1.57 bits per heavy atom. The molecule has 5 atom stereocenters. The molecule has 3 aromatic carbocycles. The van der Waals surface area contributed by atoms with Gasteiger partial charge in [-0.2, -0.15) is 0 Å². The molecule has 1 saturated carbocycles. The number of aliphatic hydroxyl groups excluding tert-OH is 1. The highest BCUT2D eigenvalue weighted by Crippen LogP contribution is 2.54. The van der Waals surface area contributed by atoms with Gasteiger partial charge in [-0.05, 0) is 49.4 Å².